The van der Waals surface area contributed by atoms with Crippen molar-refractivity contribution >= 4 is 11.7 Å². The van der Waals surface area contributed by atoms with Crippen LogP contribution in [0.15, 0.2) is 29.3 Å². The molecule has 2 N–H and O–H groups in total. The van der Waals surface area contributed by atoms with Crippen LogP contribution in [0.1, 0.15) is 59.9 Å². The zero-order valence-corrected chi connectivity index (χ0v) is 17.8. The van der Waals surface area contributed by atoms with Gasteiger partial charge in [-0.25, -0.2) is 9.97 Å². The van der Waals surface area contributed by atoms with Crippen molar-refractivity contribution in [2.24, 2.45) is 16.1 Å². The molecule has 156 valence electrons. The number of aliphatic imine (C=N–C) groups is 1. The quantitative estimate of drug-likeness (QED) is 0.794. The summed E-state index contributed by atoms with van der Waals surface area (Å²) in [6, 6.07) is 8.88. The molecule has 1 aromatic heterocycles. The molecule has 4 aliphatic rings. The van der Waals surface area contributed by atoms with E-state index in [1.54, 1.807) is 0 Å². The first-order chi connectivity index (χ1) is 14.6. The van der Waals surface area contributed by atoms with Crippen LogP contribution in [0.25, 0.3) is 0 Å². The minimum atomic E-state index is 0.152. The van der Waals surface area contributed by atoms with Gasteiger partial charge in [-0.15, -0.1) is 0 Å². The van der Waals surface area contributed by atoms with Crippen molar-refractivity contribution in [3.63, 3.8) is 0 Å². The number of aromatic nitrogens is 2. The molecule has 30 heavy (non-hydrogen) atoms. The molecule has 1 aromatic carbocycles. The maximum atomic E-state index is 6.75. The average Bonchev–Trinajstić information content (AvgIpc) is 3.48. The molecule has 6 heteroatoms. The van der Waals surface area contributed by atoms with Crippen LogP contribution in [0.2, 0.25) is 0 Å². The van der Waals surface area contributed by atoms with Gasteiger partial charge in [-0.1, -0.05) is 24.3 Å². The number of nitrogens with two attached hydrogens (primary N) is 1. The number of piperidine rings is 1. The predicted octanol–water partition coefficient (Wildman–Crippen LogP) is 2.98. The van der Waals surface area contributed by atoms with E-state index in [4.69, 9.17) is 20.7 Å². The topological polar surface area (TPSA) is 70.6 Å². The Morgan fingerprint density at radius 1 is 1.00 bits per heavy atom. The molecule has 6 nitrogen and oxygen atoms in total. The van der Waals surface area contributed by atoms with Gasteiger partial charge in [0.2, 0.25) is 0 Å². The second-order valence-electron chi connectivity index (χ2n) is 9.46. The summed E-state index contributed by atoms with van der Waals surface area (Å²) in [7, 11) is 0. The molecule has 1 spiro atoms. The lowest BCUT2D eigenvalue weighted by atomic mass is 9.73. The summed E-state index contributed by atoms with van der Waals surface area (Å²) in [5.74, 6) is 2.11. The van der Waals surface area contributed by atoms with Crippen LogP contribution in [-0.2, 0) is 13.0 Å². The van der Waals surface area contributed by atoms with E-state index < -0.39 is 0 Å². The van der Waals surface area contributed by atoms with Gasteiger partial charge in [-0.05, 0) is 55.6 Å². The Morgan fingerprint density at radius 2 is 1.77 bits per heavy atom. The van der Waals surface area contributed by atoms with Gasteiger partial charge in [0.15, 0.2) is 5.84 Å². The fourth-order valence-corrected chi connectivity index (χ4v) is 6.01. The van der Waals surface area contributed by atoms with Crippen LogP contribution in [-0.4, -0.2) is 46.9 Å². The lowest BCUT2D eigenvalue weighted by Gasteiger charge is -2.43. The van der Waals surface area contributed by atoms with Gasteiger partial charge in [-0.3, -0.25) is 4.99 Å². The number of benzene rings is 1. The number of aryl methyl sites for hydroxylation is 1. The lowest BCUT2D eigenvalue weighted by Crippen LogP contribution is -2.45. The number of rotatable bonds is 1. The third-order valence-electron chi connectivity index (χ3n) is 7.76. The van der Waals surface area contributed by atoms with Crippen LogP contribution < -0.4 is 10.6 Å². The molecule has 3 aliphatic heterocycles. The summed E-state index contributed by atoms with van der Waals surface area (Å²) in [4.78, 5) is 19.6. The first kappa shape index (κ1) is 18.3. The van der Waals surface area contributed by atoms with Gasteiger partial charge < -0.3 is 15.5 Å². The molecule has 0 amide bonds. The van der Waals surface area contributed by atoms with E-state index in [1.165, 1.54) is 24.0 Å². The zero-order chi connectivity index (χ0) is 20.3. The average molecular weight is 403 g/mol. The van der Waals surface area contributed by atoms with E-state index in [-0.39, 0.29) is 11.5 Å². The number of hydrogen-bond donors (Lipinski definition) is 1. The van der Waals surface area contributed by atoms with Crippen molar-refractivity contribution in [2.75, 3.05) is 31.1 Å². The number of anilines is 1. The zero-order valence-electron chi connectivity index (χ0n) is 17.8. The predicted molar refractivity (Wildman–Crippen MR) is 119 cm³/mol. The maximum absolute atomic E-state index is 6.75. The summed E-state index contributed by atoms with van der Waals surface area (Å²) < 4.78 is 0. The van der Waals surface area contributed by atoms with Gasteiger partial charge in [0.1, 0.15) is 11.5 Å². The van der Waals surface area contributed by atoms with E-state index in [2.05, 4.69) is 41.0 Å². The monoisotopic (exact) mass is 402 g/mol. The van der Waals surface area contributed by atoms with Crippen LogP contribution >= 0.6 is 0 Å². The molecular formula is C24H30N6. The molecule has 0 saturated carbocycles. The van der Waals surface area contributed by atoms with Gasteiger partial charge in [-0.2, -0.15) is 0 Å². The standard InChI is InChI=1S/C24H30N6/c1-16-22(28-19-15-26-23(20(19)27-16)29-10-4-5-11-29)30-12-8-24(9-13-30)14-17-6-2-3-7-18(17)21(24)25/h2-3,6-7,21H,4-5,8-15,25H2,1H3/t21-/m1/s1. The number of fused-ring (bicyclic) bond motifs is 2. The SMILES string of the molecule is Cc1nc2c(nc1N1CCC3(CC1)Cc1ccccc1[C@H]3N)CN=C2N1CCCC1. The van der Waals surface area contributed by atoms with Crippen molar-refractivity contribution in [1.82, 2.24) is 14.9 Å². The Hall–Kier alpha value is -2.47. The van der Waals surface area contributed by atoms with Gasteiger partial charge in [0.05, 0.1) is 17.9 Å². The number of hydrogen-bond acceptors (Lipinski definition) is 6. The molecule has 2 aromatic rings. The molecule has 6 rings (SSSR count). The lowest BCUT2D eigenvalue weighted by molar-refractivity contribution is 0.187. The highest BCUT2D eigenvalue weighted by atomic mass is 15.3. The van der Waals surface area contributed by atoms with Crippen LogP contribution in [0.3, 0.4) is 0 Å². The third kappa shape index (κ3) is 2.69. The fraction of sp³-hybridized carbons (Fsp3) is 0.542. The summed E-state index contributed by atoms with van der Waals surface area (Å²) in [5, 5.41) is 0. The highest BCUT2D eigenvalue weighted by Crippen LogP contribution is 2.51. The molecule has 0 unspecified atom stereocenters. The van der Waals surface area contributed by atoms with Crippen LogP contribution in [0.5, 0.6) is 0 Å². The first-order valence-corrected chi connectivity index (χ1v) is 11.4. The normalized spacial score (nSPS) is 24.3. The Kier molecular flexibility index (Phi) is 4.13. The van der Waals surface area contributed by atoms with Gasteiger partial charge in [0, 0.05) is 32.2 Å². The Balaban J connectivity index is 1.21. The summed E-state index contributed by atoms with van der Waals surface area (Å²) in [6.07, 6.45) is 5.83. The number of nitrogens with zero attached hydrogens (tertiary/aromatic N) is 5. The Bertz CT molecular complexity index is 1010. The molecule has 1 aliphatic carbocycles. The largest absolute Gasteiger partial charge is 0.355 e. The smallest absolute Gasteiger partial charge is 0.152 e. The molecule has 0 radical (unpaired) electrons. The van der Waals surface area contributed by atoms with E-state index in [1.807, 2.05) is 0 Å². The highest BCUT2D eigenvalue weighted by molar-refractivity contribution is 6.00. The highest BCUT2D eigenvalue weighted by Gasteiger charge is 2.46. The van der Waals surface area contributed by atoms with Crippen LogP contribution in [0.4, 0.5) is 5.82 Å². The minimum absolute atomic E-state index is 0.152. The second kappa shape index (κ2) is 6.77. The Morgan fingerprint density at radius 3 is 2.53 bits per heavy atom. The van der Waals surface area contributed by atoms with Crippen molar-refractivity contribution in [3.05, 3.63) is 52.5 Å². The fourth-order valence-electron chi connectivity index (χ4n) is 6.01. The molecular weight excluding hydrogens is 372 g/mol. The summed E-state index contributed by atoms with van der Waals surface area (Å²) >= 11 is 0. The molecule has 2 fully saturated rings. The van der Waals surface area contributed by atoms with E-state index >= 15 is 0 Å². The third-order valence-corrected chi connectivity index (χ3v) is 7.76. The molecule has 1 atom stereocenters. The van der Waals surface area contributed by atoms with Crippen LogP contribution in [0, 0.1) is 12.3 Å². The van der Waals surface area contributed by atoms with E-state index in [0.717, 1.165) is 74.2 Å². The van der Waals surface area contributed by atoms with Crippen molar-refractivity contribution < 1.29 is 0 Å². The summed E-state index contributed by atoms with van der Waals surface area (Å²) in [5.41, 5.74) is 12.8. The van der Waals surface area contributed by atoms with Gasteiger partial charge in [0.25, 0.3) is 0 Å². The number of likely N-dealkylation sites (tertiary alicyclic amines) is 1. The van der Waals surface area contributed by atoms with Crippen molar-refractivity contribution in [2.45, 2.75) is 51.6 Å². The second-order valence-corrected chi connectivity index (χ2v) is 9.46. The summed E-state index contributed by atoms with van der Waals surface area (Å²) in [6.45, 7) is 6.95. The Labute approximate surface area is 178 Å². The molecule has 4 heterocycles. The van der Waals surface area contributed by atoms with Crippen molar-refractivity contribution in [1.29, 1.82) is 0 Å². The first-order valence-electron chi connectivity index (χ1n) is 11.4. The van der Waals surface area contributed by atoms with E-state index in [9.17, 15) is 0 Å². The maximum Gasteiger partial charge on any atom is 0.152 e. The van der Waals surface area contributed by atoms with E-state index in [0.29, 0.717) is 6.54 Å². The molecule has 0 bridgehead atoms. The molecule has 2 saturated heterocycles. The van der Waals surface area contributed by atoms with Gasteiger partial charge >= 0.3 is 0 Å². The van der Waals surface area contributed by atoms with Crippen molar-refractivity contribution in [3.8, 4) is 0 Å². The number of amidine groups is 1. The minimum Gasteiger partial charge on any atom is -0.355 e.